The Morgan fingerprint density at radius 1 is 1.00 bits per heavy atom. The van der Waals surface area contributed by atoms with Crippen molar-refractivity contribution in [3.63, 3.8) is 0 Å². The Morgan fingerprint density at radius 2 is 1.68 bits per heavy atom. The third-order valence-electron chi connectivity index (χ3n) is 3.41. The topological polar surface area (TPSA) is 58.2 Å². The standard InChI is InChI=1S/C18H17F3N2O2/c1-12-5-7-13(8-6-12)10-16(24)23-15-4-2-3-14(9-15)11-22-17(25)18(19,20)21/h2-9H,10-11H2,1H3,(H,22,25)(H,23,24). The van der Waals surface area contributed by atoms with E-state index in [-0.39, 0.29) is 18.9 Å². The van der Waals surface area contributed by atoms with E-state index in [2.05, 4.69) is 5.32 Å². The van der Waals surface area contributed by atoms with Crippen molar-refractivity contribution in [3.05, 3.63) is 65.2 Å². The van der Waals surface area contributed by atoms with Crippen LogP contribution in [0.2, 0.25) is 0 Å². The van der Waals surface area contributed by atoms with Gasteiger partial charge in [0.15, 0.2) is 0 Å². The number of amides is 2. The molecule has 2 amide bonds. The Balaban J connectivity index is 1.93. The van der Waals surface area contributed by atoms with Crippen LogP contribution in [0.5, 0.6) is 0 Å². The summed E-state index contributed by atoms with van der Waals surface area (Å²) in [5.74, 6) is -2.23. The van der Waals surface area contributed by atoms with E-state index >= 15 is 0 Å². The molecule has 2 N–H and O–H groups in total. The second kappa shape index (κ2) is 7.83. The summed E-state index contributed by atoms with van der Waals surface area (Å²) in [7, 11) is 0. The molecule has 7 heteroatoms. The molecule has 0 aliphatic carbocycles. The van der Waals surface area contributed by atoms with Crippen molar-refractivity contribution in [1.82, 2.24) is 5.32 Å². The average Bonchev–Trinajstić information content (AvgIpc) is 2.54. The van der Waals surface area contributed by atoms with Gasteiger partial charge in [0.1, 0.15) is 0 Å². The minimum absolute atomic E-state index is 0.190. The number of alkyl halides is 3. The molecule has 0 aliphatic heterocycles. The lowest BCUT2D eigenvalue weighted by Crippen LogP contribution is -2.36. The largest absolute Gasteiger partial charge is 0.471 e. The second-order valence-corrected chi connectivity index (χ2v) is 5.59. The van der Waals surface area contributed by atoms with E-state index in [1.165, 1.54) is 6.07 Å². The molecule has 132 valence electrons. The third kappa shape index (κ3) is 5.95. The van der Waals surface area contributed by atoms with Gasteiger partial charge in [-0.3, -0.25) is 9.59 Å². The molecule has 0 aromatic heterocycles. The summed E-state index contributed by atoms with van der Waals surface area (Å²) in [5.41, 5.74) is 2.86. The van der Waals surface area contributed by atoms with E-state index in [4.69, 9.17) is 0 Å². The Bertz CT molecular complexity index is 756. The first-order chi connectivity index (χ1) is 11.7. The Kier molecular flexibility index (Phi) is 5.80. The van der Waals surface area contributed by atoms with Gasteiger partial charge in [0.25, 0.3) is 0 Å². The maximum absolute atomic E-state index is 12.2. The molecule has 0 bridgehead atoms. The number of carbonyl (C=O) groups excluding carboxylic acids is 2. The second-order valence-electron chi connectivity index (χ2n) is 5.59. The minimum atomic E-state index is -4.92. The van der Waals surface area contributed by atoms with E-state index in [0.717, 1.165) is 11.1 Å². The predicted octanol–water partition coefficient (Wildman–Crippen LogP) is 3.35. The molecule has 0 saturated heterocycles. The summed E-state index contributed by atoms with van der Waals surface area (Å²) < 4.78 is 36.5. The lowest BCUT2D eigenvalue weighted by atomic mass is 10.1. The SMILES string of the molecule is Cc1ccc(CC(=O)Nc2cccc(CNC(=O)C(F)(F)F)c2)cc1. The smallest absolute Gasteiger partial charge is 0.344 e. The minimum Gasteiger partial charge on any atom is -0.344 e. The maximum Gasteiger partial charge on any atom is 0.471 e. The quantitative estimate of drug-likeness (QED) is 0.869. The summed E-state index contributed by atoms with van der Waals surface area (Å²) in [5, 5.41) is 4.48. The summed E-state index contributed by atoms with van der Waals surface area (Å²) in [6.07, 6.45) is -4.73. The monoisotopic (exact) mass is 350 g/mol. The van der Waals surface area contributed by atoms with Crippen LogP contribution in [-0.4, -0.2) is 18.0 Å². The van der Waals surface area contributed by atoms with E-state index in [9.17, 15) is 22.8 Å². The van der Waals surface area contributed by atoms with E-state index in [1.807, 2.05) is 31.2 Å². The van der Waals surface area contributed by atoms with Crippen LogP contribution in [0.15, 0.2) is 48.5 Å². The molecule has 0 aliphatic rings. The Hall–Kier alpha value is -2.83. The maximum atomic E-state index is 12.2. The van der Waals surface area contributed by atoms with Crippen LogP contribution in [-0.2, 0) is 22.6 Å². The van der Waals surface area contributed by atoms with Crippen LogP contribution in [0.25, 0.3) is 0 Å². The number of hydrogen-bond acceptors (Lipinski definition) is 2. The van der Waals surface area contributed by atoms with Gasteiger partial charge in [-0.25, -0.2) is 0 Å². The Morgan fingerprint density at radius 3 is 2.32 bits per heavy atom. The molecule has 0 saturated carbocycles. The molecule has 2 aromatic carbocycles. The van der Waals surface area contributed by atoms with Crippen molar-refractivity contribution >= 4 is 17.5 Å². The highest BCUT2D eigenvalue weighted by atomic mass is 19.4. The molecule has 0 fully saturated rings. The third-order valence-corrected chi connectivity index (χ3v) is 3.41. The predicted molar refractivity (Wildman–Crippen MR) is 87.9 cm³/mol. The highest BCUT2D eigenvalue weighted by Gasteiger charge is 2.38. The van der Waals surface area contributed by atoms with Gasteiger partial charge in [0.05, 0.1) is 6.42 Å². The first-order valence-corrected chi connectivity index (χ1v) is 7.53. The highest BCUT2D eigenvalue weighted by Crippen LogP contribution is 2.16. The number of nitrogens with one attached hydrogen (secondary N) is 2. The van der Waals surface area contributed by atoms with Gasteiger partial charge in [-0.2, -0.15) is 13.2 Å². The summed E-state index contributed by atoms with van der Waals surface area (Å²) in [6.45, 7) is 1.67. The Labute approximate surface area is 143 Å². The van der Waals surface area contributed by atoms with Crippen molar-refractivity contribution in [2.45, 2.75) is 26.1 Å². The first kappa shape index (κ1) is 18.5. The first-order valence-electron chi connectivity index (χ1n) is 7.53. The molecule has 0 atom stereocenters. The summed E-state index contributed by atoms with van der Waals surface area (Å²) in [4.78, 5) is 22.9. The van der Waals surface area contributed by atoms with Crippen LogP contribution >= 0.6 is 0 Å². The van der Waals surface area contributed by atoms with Gasteiger partial charge in [0.2, 0.25) is 5.91 Å². The zero-order valence-corrected chi connectivity index (χ0v) is 13.5. The number of hydrogen-bond donors (Lipinski definition) is 2. The molecule has 0 spiro atoms. The number of anilines is 1. The fourth-order valence-electron chi connectivity index (χ4n) is 2.14. The molecule has 25 heavy (non-hydrogen) atoms. The van der Waals surface area contributed by atoms with Gasteiger partial charge in [-0.05, 0) is 30.2 Å². The van der Waals surface area contributed by atoms with Gasteiger partial charge in [-0.1, -0.05) is 42.0 Å². The summed E-state index contributed by atoms with van der Waals surface area (Å²) in [6, 6.07) is 13.8. The van der Waals surface area contributed by atoms with E-state index < -0.39 is 12.1 Å². The van der Waals surface area contributed by atoms with Crippen molar-refractivity contribution < 1.29 is 22.8 Å². The van der Waals surface area contributed by atoms with Gasteiger partial charge in [-0.15, -0.1) is 0 Å². The number of halogens is 3. The van der Waals surface area contributed by atoms with Gasteiger partial charge >= 0.3 is 12.1 Å². The summed E-state index contributed by atoms with van der Waals surface area (Å²) >= 11 is 0. The molecule has 2 aromatic rings. The van der Waals surface area contributed by atoms with Crippen molar-refractivity contribution in [3.8, 4) is 0 Å². The van der Waals surface area contributed by atoms with E-state index in [0.29, 0.717) is 11.3 Å². The van der Waals surface area contributed by atoms with E-state index in [1.54, 1.807) is 23.5 Å². The van der Waals surface area contributed by atoms with Crippen LogP contribution < -0.4 is 10.6 Å². The van der Waals surface area contributed by atoms with Crippen molar-refractivity contribution in [2.75, 3.05) is 5.32 Å². The number of carbonyl (C=O) groups is 2. The molecule has 2 rings (SSSR count). The fourth-order valence-corrected chi connectivity index (χ4v) is 2.14. The zero-order chi connectivity index (χ0) is 18.4. The highest BCUT2D eigenvalue weighted by molar-refractivity contribution is 5.92. The molecular weight excluding hydrogens is 333 g/mol. The van der Waals surface area contributed by atoms with Crippen LogP contribution in [0.4, 0.5) is 18.9 Å². The van der Waals surface area contributed by atoms with Crippen LogP contribution in [0.1, 0.15) is 16.7 Å². The van der Waals surface area contributed by atoms with Gasteiger partial charge < -0.3 is 10.6 Å². The molecule has 4 nitrogen and oxygen atoms in total. The molecule has 0 radical (unpaired) electrons. The van der Waals surface area contributed by atoms with Crippen molar-refractivity contribution in [1.29, 1.82) is 0 Å². The molecule has 0 unspecified atom stereocenters. The van der Waals surface area contributed by atoms with Crippen LogP contribution in [0.3, 0.4) is 0 Å². The number of aryl methyl sites for hydroxylation is 1. The van der Waals surface area contributed by atoms with Crippen molar-refractivity contribution in [2.24, 2.45) is 0 Å². The zero-order valence-electron chi connectivity index (χ0n) is 13.5. The van der Waals surface area contributed by atoms with Gasteiger partial charge in [0, 0.05) is 12.2 Å². The average molecular weight is 350 g/mol. The number of rotatable bonds is 5. The lowest BCUT2D eigenvalue weighted by Gasteiger charge is -2.10. The molecular formula is C18H17F3N2O2. The lowest BCUT2D eigenvalue weighted by molar-refractivity contribution is -0.173. The normalized spacial score (nSPS) is 11.0. The van der Waals surface area contributed by atoms with Crippen LogP contribution in [0, 0.1) is 6.92 Å². The fraction of sp³-hybridized carbons (Fsp3) is 0.222. The number of benzene rings is 2. The molecule has 0 heterocycles.